The van der Waals surface area contributed by atoms with Crippen LogP contribution in [0.4, 0.5) is 0 Å². The fourth-order valence-corrected chi connectivity index (χ4v) is 3.38. The number of thiophene rings is 1. The fraction of sp³-hybridized carbons (Fsp3) is 0.188. The second-order valence-corrected chi connectivity index (χ2v) is 5.84. The zero-order chi connectivity index (χ0) is 16.4. The zero-order valence-electron chi connectivity index (χ0n) is 12.5. The quantitative estimate of drug-likeness (QED) is 0.522. The molecule has 0 aliphatic heterocycles. The van der Waals surface area contributed by atoms with E-state index in [1.807, 2.05) is 24.3 Å². The largest absolute Gasteiger partial charge is 0.497 e. The maximum absolute atomic E-state index is 12.0. The summed E-state index contributed by atoms with van der Waals surface area (Å²) in [5.74, 6) is 0.776. The summed E-state index contributed by atoms with van der Waals surface area (Å²) in [6, 6.07) is 7.40. The molecule has 3 aromatic rings. The van der Waals surface area contributed by atoms with Gasteiger partial charge in [0.15, 0.2) is 5.82 Å². The van der Waals surface area contributed by atoms with Crippen molar-refractivity contribution in [2.45, 2.75) is 6.92 Å². The van der Waals surface area contributed by atoms with Crippen LogP contribution < -0.4 is 4.74 Å². The molecule has 1 aromatic carbocycles. The van der Waals surface area contributed by atoms with Crippen molar-refractivity contribution in [3.05, 3.63) is 40.4 Å². The first-order chi connectivity index (χ1) is 11.1. The highest BCUT2D eigenvalue weighted by Gasteiger charge is 2.19. The molecule has 0 fully saturated rings. The first kappa shape index (κ1) is 15.7. The molecule has 3 rings (SSSR count). The molecule has 0 unspecified atom stereocenters. The molecule has 0 saturated heterocycles. The van der Waals surface area contributed by atoms with Gasteiger partial charge in [-0.1, -0.05) is 23.7 Å². The van der Waals surface area contributed by atoms with Crippen molar-refractivity contribution >= 4 is 39.1 Å². The van der Waals surface area contributed by atoms with E-state index in [1.165, 1.54) is 11.3 Å². The summed E-state index contributed by atoms with van der Waals surface area (Å²) in [5, 5.41) is 2.46. The van der Waals surface area contributed by atoms with Gasteiger partial charge in [0.2, 0.25) is 0 Å². The molecule has 2 aromatic heterocycles. The first-order valence-corrected chi connectivity index (χ1v) is 8.16. The molecular formula is C16H13ClN2O3S. The lowest BCUT2D eigenvalue weighted by molar-refractivity contribution is 0.0529. The van der Waals surface area contributed by atoms with E-state index in [2.05, 4.69) is 9.97 Å². The normalized spacial score (nSPS) is 10.7. The number of ether oxygens (including phenoxy) is 2. The van der Waals surface area contributed by atoms with Gasteiger partial charge in [-0.3, -0.25) is 0 Å². The molecule has 0 amide bonds. The topological polar surface area (TPSA) is 61.3 Å². The number of halogens is 1. The third-order valence-corrected chi connectivity index (χ3v) is 4.36. The van der Waals surface area contributed by atoms with Crippen molar-refractivity contribution in [2.75, 3.05) is 13.7 Å². The van der Waals surface area contributed by atoms with Gasteiger partial charge in [-0.2, -0.15) is 0 Å². The predicted molar refractivity (Wildman–Crippen MR) is 90.4 cm³/mol. The number of fused-ring (bicyclic) bond motifs is 1. The maximum atomic E-state index is 12.0. The lowest BCUT2D eigenvalue weighted by Crippen LogP contribution is -2.04. The van der Waals surface area contributed by atoms with Crippen LogP contribution in [-0.2, 0) is 4.74 Å². The second kappa shape index (κ2) is 6.52. The van der Waals surface area contributed by atoms with Gasteiger partial charge in [0.25, 0.3) is 0 Å². The van der Waals surface area contributed by atoms with Crippen molar-refractivity contribution in [2.24, 2.45) is 0 Å². The molecule has 0 bridgehead atoms. The minimum atomic E-state index is -0.418. The minimum Gasteiger partial charge on any atom is -0.497 e. The average molecular weight is 349 g/mol. The van der Waals surface area contributed by atoms with Crippen molar-refractivity contribution < 1.29 is 14.3 Å². The van der Waals surface area contributed by atoms with Crippen molar-refractivity contribution in [3.8, 4) is 17.1 Å². The number of aromatic nitrogens is 2. The predicted octanol–water partition coefficient (Wildman–Crippen LogP) is 4.20. The molecule has 7 heteroatoms. The number of hydrogen-bond acceptors (Lipinski definition) is 6. The van der Waals surface area contributed by atoms with Crippen LogP contribution >= 0.6 is 22.9 Å². The van der Waals surface area contributed by atoms with E-state index in [0.717, 1.165) is 5.56 Å². The minimum absolute atomic E-state index is 0.233. The average Bonchev–Trinajstić information content (AvgIpc) is 3.00. The molecule has 0 aliphatic rings. The van der Waals surface area contributed by atoms with Crippen LogP contribution in [0, 0.1) is 0 Å². The first-order valence-electron chi connectivity index (χ1n) is 6.90. The van der Waals surface area contributed by atoms with E-state index in [4.69, 9.17) is 21.1 Å². The van der Waals surface area contributed by atoms with Gasteiger partial charge in [0.05, 0.1) is 24.7 Å². The summed E-state index contributed by atoms with van der Waals surface area (Å²) in [6.07, 6.45) is 0. The van der Waals surface area contributed by atoms with Crippen LogP contribution in [0.3, 0.4) is 0 Å². The monoisotopic (exact) mass is 348 g/mol. The van der Waals surface area contributed by atoms with Crippen LogP contribution in [-0.4, -0.2) is 29.7 Å². The van der Waals surface area contributed by atoms with Crippen LogP contribution in [0.1, 0.15) is 17.3 Å². The highest BCUT2D eigenvalue weighted by atomic mass is 35.5. The van der Waals surface area contributed by atoms with Gasteiger partial charge in [0.1, 0.15) is 15.7 Å². The Bertz CT molecular complexity index is 879. The number of carbonyl (C=O) groups excluding carboxylic acids is 1. The maximum Gasteiger partial charge on any atom is 0.339 e. The van der Waals surface area contributed by atoms with E-state index in [-0.39, 0.29) is 5.15 Å². The molecule has 0 atom stereocenters. The molecule has 0 saturated carbocycles. The SMILES string of the molecule is CCOC(=O)c1csc2nc(-c3cccc(OC)c3)nc(Cl)c12. The lowest BCUT2D eigenvalue weighted by atomic mass is 10.2. The zero-order valence-corrected chi connectivity index (χ0v) is 14.1. The summed E-state index contributed by atoms with van der Waals surface area (Å²) < 4.78 is 10.2. The molecular weight excluding hydrogens is 336 g/mol. The van der Waals surface area contributed by atoms with Gasteiger partial charge in [-0.05, 0) is 19.1 Å². The third-order valence-electron chi connectivity index (χ3n) is 3.21. The van der Waals surface area contributed by atoms with Gasteiger partial charge in [-0.15, -0.1) is 11.3 Å². The van der Waals surface area contributed by atoms with E-state index in [1.54, 1.807) is 19.4 Å². The summed E-state index contributed by atoms with van der Waals surface area (Å²) in [4.78, 5) is 21.4. The summed E-state index contributed by atoms with van der Waals surface area (Å²) in [7, 11) is 1.60. The Morgan fingerprint density at radius 3 is 2.91 bits per heavy atom. The van der Waals surface area contributed by atoms with E-state index in [9.17, 15) is 4.79 Å². The summed E-state index contributed by atoms with van der Waals surface area (Å²) in [5.41, 5.74) is 1.19. The number of nitrogens with zero attached hydrogens (tertiary/aromatic N) is 2. The number of carbonyl (C=O) groups is 1. The number of benzene rings is 1. The van der Waals surface area contributed by atoms with Gasteiger partial charge in [-0.25, -0.2) is 14.8 Å². The van der Waals surface area contributed by atoms with Gasteiger partial charge >= 0.3 is 5.97 Å². The highest BCUT2D eigenvalue weighted by molar-refractivity contribution is 7.17. The Balaban J connectivity index is 2.10. The molecule has 5 nitrogen and oxygen atoms in total. The van der Waals surface area contributed by atoms with Crippen molar-refractivity contribution in [3.63, 3.8) is 0 Å². The van der Waals surface area contributed by atoms with Crippen LogP contribution in [0.5, 0.6) is 5.75 Å². The van der Waals surface area contributed by atoms with E-state index in [0.29, 0.717) is 34.0 Å². The fourth-order valence-electron chi connectivity index (χ4n) is 2.15. The van der Waals surface area contributed by atoms with Crippen LogP contribution in [0.25, 0.3) is 21.6 Å². The number of esters is 1. The molecule has 23 heavy (non-hydrogen) atoms. The summed E-state index contributed by atoms with van der Waals surface area (Å²) in [6.45, 7) is 2.06. The molecule has 2 heterocycles. The molecule has 0 aliphatic carbocycles. The second-order valence-electron chi connectivity index (χ2n) is 4.62. The van der Waals surface area contributed by atoms with E-state index < -0.39 is 5.97 Å². The van der Waals surface area contributed by atoms with Crippen molar-refractivity contribution in [1.29, 1.82) is 0 Å². The Morgan fingerprint density at radius 1 is 1.35 bits per heavy atom. The smallest absolute Gasteiger partial charge is 0.339 e. The highest BCUT2D eigenvalue weighted by Crippen LogP contribution is 2.33. The number of hydrogen-bond donors (Lipinski definition) is 0. The Kier molecular flexibility index (Phi) is 4.45. The third kappa shape index (κ3) is 3.00. The van der Waals surface area contributed by atoms with Gasteiger partial charge < -0.3 is 9.47 Å². The summed E-state index contributed by atoms with van der Waals surface area (Å²) >= 11 is 7.63. The van der Waals surface area contributed by atoms with Gasteiger partial charge in [0, 0.05) is 10.9 Å². The number of methoxy groups -OCH3 is 1. The lowest BCUT2D eigenvalue weighted by Gasteiger charge is -2.05. The molecule has 0 radical (unpaired) electrons. The molecule has 0 spiro atoms. The van der Waals surface area contributed by atoms with Crippen LogP contribution in [0.2, 0.25) is 5.15 Å². The van der Waals surface area contributed by atoms with Crippen molar-refractivity contribution in [1.82, 2.24) is 9.97 Å². The Labute approximate surface area is 141 Å². The molecule has 0 N–H and O–H groups in total. The standard InChI is InChI=1S/C16H13ClN2O3S/c1-3-22-16(20)11-8-23-15-12(11)13(17)18-14(19-15)9-5-4-6-10(7-9)21-2/h4-8H,3H2,1-2H3. The Morgan fingerprint density at radius 2 is 2.17 bits per heavy atom. The Hall–Kier alpha value is -2.18. The van der Waals surface area contributed by atoms with Crippen LogP contribution in [0.15, 0.2) is 29.6 Å². The molecule has 118 valence electrons. The van der Waals surface area contributed by atoms with E-state index >= 15 is 0 Å². The number of rotatable bonds is 4.